The first-order valence-electron chi connectivity index (χ1n) is 5.67. The van der Waals surface area contributed by atoms with Gasteiger partial charge in [-0.1, -0.05) is 19.3 Å². The van der Waals surface area contributed by atoms with Crippen LogP contribution in [0.25, 0.3) is 0 Å². The van der Waals surface area contributed by atoms with Crippen LogP contribution in [-0.2, 0) is 4.74 Å². The molecule has 0 heterocycles. The zero-order valence-corrected chi connectivity index (χ0v) is 8.59. The Bertz CT molecular complexity index is 173. The predicted octanol–water partition coefficient (Wildman–Crippen LogP) is 2.07. The Morgan fingerprint density at radius 1 is 1.31 bits per heavy atom. The molecule has 76 valence electrons. The Morgan fingerprint density at radius 2 is 2.00 bits per heavy atom. The Kier molecular flexibility index (Phi) is 2.61. The second-order valence-corrected chi connectivity index (χ2v) is 4.58. The number of ether oxygens (including phenoxy) is 1. The third kappa shape index (κ3) is 1.40. The van der Waals surface area contributed by atoms with Crippen molar-refractivity contribution in [2.75, 3.05) is 6.61 Å². The quantitative estimate of drug-likeness (QED) is 0.711. The Morgan fingerprint density at radius 3 is 2.54 bits per heavy atom. The minimum absolute atomic E-state index is 0.383. The van der Waals surface area contributed by atoms with Crippen molar-refractivity contribution in [2.45, 2.75) is 57.6 Å². The third-order valence-corrected chi connectivity index (χ3v) is 4.00. The normalized spacial score (nSPS) is 37.4. The summed E-state index contributed by atoms with van der Waals surface area (Å²) >= 11 is 0. The smallest absolute Gasteiger partial charge is 0.0660 e. The summed E-state index contributed by atoms with van der Waals surface area (Å²) < 4.78 is 5.76. The topological polar surface area (TPSA) is 35.2 Å². The largest absolute Gasteiger partial charge is 0.378 e. The Hall–Kier alpha value is -0.0800. The first-order chi connectivity index (χ1) is 6.29. The van der Waals surface area contributed by atoms with Gasteiger partial charge < -0.3 is 10.5 Å². The maximum atomic E-state index is 6.13. The molecule has 0 aromatic rings. The molecule has 2 aliphatic rings. The fourth-order valence-electron chi connectivity index (χ4n) is 3.12. The molecule has 2 N–H and O–H groups in total. The molecule has 2 aliphatic carbocycles. The Labute approximate surface area is 80.8 Å². The molecule has 0 bridgehead atoms. The summed E-state index contributed by atoms with van der Waals surface area (Å²) in [6.45, 7) is 2.93. The Balaban J connectivity index is 1.99. The first kappa shape index (κ1) is 9.47. The molecule has 2 saturated carbocycles. The molecule has 0 aromatic carbocycles. The van der Waals surface area contributed by atoms with Crippen molar-refractivity contribution in [2.24, 2.45) is 11.1 Å². The molecule has 0 radical (unpaired) electrons. The first-order valence-corrected chi connectivity index (χ1v) is 5.67. The van der Waals surface area contributed by atoms with Crippen LogP contribution in [0.3, 0.4) is 0 Å². The van der Waals surface area contributed by atoms with Crippen LogP contribution in [0.4, 0.5) is 0 Å². The van der Waals surface area contributed by atoms with E-state index < -0.39 is 0 Å². The molecule has 0 unspecified atom stereocenters. The van der Waals surface area contributed by atoms with E-state index in [4.69, 9.17) is 10.5 Å². The fraction of sp³-hybridized carbons (Fsp3) is 1.00. The van der Waals surface area contributed by atoms with E-state index in [9.17, 15) is 0 Å². The molecule has 2 heteroatoms. The predicted molar refractivity (Wildman–Crippen MR) is 53.5 cm³/mol. The van der Waals surface area contributed by atoms with Crippen LogP contribution in [-0.4, -0.2) is 18.8 Å². The minimum atomic E-state index is 0.383. The fourth-order valence-corrected chi connectivity index (χ4v) is 3.12. The van der Waals surface area contributed by atoms with E-state index >= 15 is 0 Å². The molecule has 0 aliphatic heterocycles. The van der Waals surface area contributed by atoms with Crippen LogP contribution in [0.1, 0.15) is 45.4 Å². The lowest BCUT2D eigenvalue weighted by atomic mass is 9.55. The minimum Gasteiger partial charge on any atom is -0.378 e. The van der Waals surface area contributed by atoms with Gasteiger partial charge >= 0.3 is 0 Å². The maximum Gasteiger partial charge on any atom is 0.0660 e. The second-order valence-electron chi connectivity index (χ2n) is 4.58. The van der Waals surface area contributed by atoms with E-state index in [-0.39, 0.29) is 0 Å². The monoisotopic (exact) mass is 183 g/mol. The zero-order valence-electron chi connectivity index (χ0n) is 8.59. The lowest BCUT2D eigenvalue weighted by Gasteiger charge is -2.56. The highest BCUT2D eigenvalue weighted by molar-refractivity contribution is 5.07. The van der Waals surface area contributed by atoms with Crippen LogP contribution < -0.4 is 5.73 Å². The van der Waals surface area contributed by atoms with Crippen molar-refractivity contribution >= 4 is 0 Å². The van der Waals surface area contributed by atoms with Crippen LogP contribution in [0.2, 0.25) is 0 Å². The lowest BCUT2D eigenvalue weighted by molar-refractivity contribution is -0.140. The highest BCUT2D eigenvalue weighted by atomic mass is 16.5. The van der Waals surface area contributed by atoms with E-state index in [1.165, 1.54) is 32.1 Å². The molecule has 13 heavy (non-hydrogen) atoms. The van der Waals surface area contributed by atoms with Crippen LogP contribution in [0.15, 0.2) is 0 Å². The number of rotatable bonds is 2. The van der Waals surface area contributed by atoms with Crippen LogP contribution in [0.5, 0.6) is 0 Å². The molecule has 2 rings (SSSR count). The SMILES string of the molecule is CCO[C@@H]1C[C@H](N)C12CCCCC2. The van der Waals surface area contributed by atoms with Gasteiger partial charge in [0.2, 0.25) is 0 Å². The van der Waals surface area contributed by atoms with Gasteiger partial charge in [-0.15, -0.1) is 0 Å². The van der Waals surface area contributed by atoms with E-state index in [1.807, 2.05) is 0 Å². The summed E-state index contributed by atoms with van der Waals surface area (Å²) in [6.07, 6.45) is 8.29. The standard InChI is InChI=1S/C11H21NO/c1-2-13-10-8-9(12)11(10)6-4-3-5-7-11/h9-10H,2-8,12H2,1H3/t9-,10+/m0/s1. The van der Waals surface area contributed by atoms with Crippen molar-refractivity contribution in [3.05, 3.63) is 0 Å². The summed E-state index contributed by atoms with van der Waals surface area (Å²) in [7, 11) is 0. The van der Waals surface area contributed by atoms with E-state index in [1.54, 1.807) is 0 Å². The average molecular weight is 183 g/mol. The van der Waals surface area contributed by atoms with E-state index in [0.29, 0.717) is 17.6 Å². The van der Waals surface area contributed by atoms with Gasteiger partial charge in [0.25, 0.3) is 0 Å². The van der Waals surface area contributed by atoms with Crippen molar-refractivity contribution < 1.29 is 4.74 Å². The molecule has 2 fully saturated rings. The van der Waals surface area contributed by atoms with Gasteiger partial charge in [-0.25, -0.2) is 0 Å². The summed E-state index contributed by atoms with van der Waals surface area (Å²) in [6, 6.07) is 0.421. The van der Waals surface area contributed by atoms with Gasteiger partial charge in [0.1, 0.15) is 0 Å². The zero-order chi connectivity index (χ0) is 9.31. The summed E-state index contributed by atoms with van der Waals surface area (Å²) in [5.41, 5.74) is 6.51. The number of hydrogen-bond acceptors (Lipinski definition) is 2. The van der Waals surface area contributed by atoms with Gasteiger partial charge in [-0.3, -0.25) is 0 Å². The van der Waals surface area contributed by atoms with E-state index in [2.05, 4.69) is 6.92 Å². The molecule has 1 spiro atoms. The van der Waals surface area contributed by atoms with Crippen molar-refractivity contribution in [3.8, 4) is 0 Å². The summed E-state index contributed by atoms with van der Waals surface area (Å²) in [4.78, 5) is 0. The summed E-state index contributed by atoms with van der Waals surface area (Å²) in [5.74, 6) is 0. The van der Waals surface area contributed by atoms with Gasteiger partial charge in [0.05, 0.1) is 6.10 Å². The van der Waals surface area contributed by atoms with Crippen molar-refractivity contribution in [1.29, 1.82) is 0 Å². The molecular weight excluding hydrogens is 162 g/mol. The number of nitrogens with two attached hydrogens (primary N) is 1. The highest BCUT2D eigenvalue weighted by Crippen LogP contribution is 2.52. The molecule has 0 amide bonds. The van der Waals surface area contributed by atoms with Crippen molar-refractivity contribution in [1.82, 2.24) is 0 Å². The van der Waals surface area contributed by atoms with Gasteiger partial charge in [-0.05, 0) is 26.2 Å². The lowest BCUT2D eigenvalue weighted by Crippen LogP contribution is -2.62. The molecule has 0 saturated heterocycles. The summed E-state index contributed by atoms with van der Waals surface area (Å²) in [5, 5.41) is 0. The average Bonchev–Trinajstić information content (AvgIpc) is 2.19. The van der Waals surface area contributed by atoms with Crippen LogP contribution in [0, 0.1) is 5.41 Å². The molecular formula is C11H21NO. The van der Waals surface area contributed by atoms with Crippen molar-refractivity contribution in [3.63, 3.8) is 0 Å². The second kappa shape index (κ2) is 3.58. The molecule has 0 aromatic heterocycles. The van der Waals surface area contributed by atoms with Gasteiger partial charge in [0.15, 0.2) is 0 Å². The molecule has 2 nitrogen and oxygen atoms in total. The van der Waals surface area contributed by atoms with Crippen LogP contribution >= 0.6 is 0 Å². The highest BCUT2D eigenvalue weighted by Gasteiger charge is 2.53. The van der Waals surface area contributed by atoms with Gasteiger partial charge in [-0.2, -0.15) is 0 Å². The van der Waals surface area contributed by atoms with E-state index in [0.717, 1.165) is 13.0 Å². The molecule has 2 atom stereocenters. The van der Waals surface area contributed by atoms with Gasteiger partial charge in [0, 0.05) is 18.1 Å². The number of hydrogen-bond donors (Lipinski definition) is 1. The maximum absolute atomic E-state index is 6.13. The third-order valence-electron chi connectivity index (χ3n) is 4.00.